The molecule has 0 aliphatic carbocycles. The number of hydrazone groups is 1. The fourth-order valence-corrected chi connectivity index (χ4v) is 4.56. The van der Waals surface area contributed by atoms with Crippen LogP contribution in [0.1, 0.15) is 18.1 Å². The number of fused-ring (bicyclic) bond motifs is 2. The highest BCUT2D eigenvalue weighted by molar-refractivity contribution is 7.22. The van der Waals surface area contributed by atoms with Crippen molar-refractivity contribution in [3.63, 3.8) is 0 Å². The average Bonchev–Trinajstić information content (AvgIpc) is 3.27. The summed E-state index contributed by atoms with van der Waals surface area (Å²) in [6, 6.07) is 20.8. The van der Waals surface area contributed by atoms with Crippen LogP contribution in [0.5, 0.6) is 17.2 Å². The predicted molar refractivity (Wildman–Crippen MR) is 133 cm³/mol. The molecule has 1 aromatic heterocycles. The number of aromatic nitrogens is 1. The second-order valence-electron chi connectivity index (χ2n) is 7.73. The van der Waals surface area contributed by atoms with Crippen molar-refractivity contribution in [3.05, 3.63) is 77.9 Å². The van der Waals surface area contributed by atoms with Crippen LogP contribution in [0.3, 0.4) is 0 Å². The zero-order valence-corrected chi connectivity index (χ0v) is 19.6. The van der Waals surface area contributed by atoms with E-state index in [0.717, 1.165) is 27.1 Å². The maximum Gasteiger partial charge on any atom is 0.294 e. The van der Waals surface area contributed by atoms with Gasteiger partial charge in [-0.05, 0) is 73.5 Å². The Bertz CT molecular complexity index is 1350. The number of benzene rings is 3. The molecule has 0 fully saturated rings. The molecule has 5 rings (SSSR count). The number of ether oxygens (including phenoxy) is 3. The largest absolute Gasteiger partial charge is 0.494 e. The molecule has 0 spiro atoms. The fraction of sp³-hybridized carbons (Fsp3) is 0.192. The molecule has 34 heavy (non-hydrogen) atoms. The second kappa shape index (κ2) is 9.52. The average molecular weight is 474 g/mol. The summed E-state index contributed by atoms with van der Waals surface area (Å²) < 4.78 is 18.2. The lowest BCUT2D eigenvalue weighted by molar-refractivity contribution is -0.127. The number of rotatable bonds is 6. The highest BCUT2D eigenvalue weighted by Crippen LogP contribution is 2.34. The minimum atomic E-state index is -0.846. The van der Waals surface area contributed by atoms with Gasteiger partial charge in [-0.15, -0.1) is 0 Å². The Labute approximate surface area is 201 Å². The van der Waals surface area contributed by atoms with Crippen LogP contribution in [0.15, 0.2) is 71.8 Å². The molecule has 1 aliphatic rings. The lowest BCUT2D eigenvalue weighted by Crippen LogP contribution is -2.44. The lowest BCUT2D eigenvalue weighted by atomic mass is 10.2. The van der Waals surface area contributed by atoms with Gasteiger partial charge in [-0.25, -0.2) is 4.98 Å². The molecule has 172 valence electrons. The monoisotopic (exact) mass is 473 g/mol. The molecular weight excluding hydrogens is 450 g/mol. The Morgan fingerprint density at radius 3 is 2.76 bits per heavy atom. The lowest BCUT2D eigenvalue weighted by Gasteiger charge is -2.27. The summed E-state index contributed by atoms with van der Waals surface area (Å²) in [6.07, 6.45) is 0.781. The standard InChI is InChI=1S/C26H23N3O4S/c1-3-31-19-11-9-18(10-12-19)15-27-29(26-28-20-13-8-17(2)14-24(20)34-26)25(30)23-16-32-21-6-4-5-7-22(21)33-23/h4-15,23H,3,16H2,1-2H3/b27-15+. The summed E-state index contributed by atoms with van der Waals surface area (Å²) in [5.74, 6) is 1.57. The van der Waals surface area contributed by atoms with E-state index in [1.165, 1.54) is 16.3 Å². The van der Waals surface area contributed by atoms with Crippen LogP contribution in [0.25, 0.3) is 10.2 Å². The van der Waals surface area contributed by atoms with Gasteiger partial charge in [0.2, 0.25) is 11.2 Å². The summed E-state index contributed by atoms with van der Waals surface area (Å²) in [5, 5.41) is 6.29. The maximum absolute atomic E-state index is 13.6. The van der Waals surface area contributed by atoms with E-state index in [1.807, 2.05) is 74.5 Å². The van der Waals surface area contributed by atoms with Crippen molar-refractivity contribution in [2.24, 2.45) is 5.10 Å². The van der Waals surface area contributed by atoms with Crippen LogP contribution in [0.4, 0.5) is 5.13 Å². The van der Waals surface area contributed by atoms with E-state index >= 15 is 0 Å². The molecule has 0 radical (unpaired) electrons. The number of hydrogen-bond acceptors (Lipinski definition) is 7. The molecule has 7 nitrogen and oxygen atoms in total. The quantitative estimate of drug-likeness (QED) is 0.284. The summed E-state index contributed by atoms with van der Waals surface area (Å²) >= 11 is 1.41. The van der Waals surface area contributed by atoms with E-state index in [9.17, 15) is 4.79 Å². The Morgan fingerprint density at radius 1 is 1.18 bits per heavy atom. The third-order valence-corrected chi connectivity index (χ3v) is 6.21. The van der Waals surface area contributed by atoms with Gasteiger partial charge in [-0.2, -0.15) is 10.1 Å². The number of carbonyl (C=O) groups is 1. The SMILES string of the molecule is CCOc1ccc(/C=N/N(C(=O)C2COc3ccccc3O2)c2nc3ccc(C)cc3s2)cc1. The molecule has 0 saturated heterocycles. The van der Waals surface area contributed by atoms with E-state index < -0.39 is 6.10 Å². The minimum absolute atomic E-state index is 0.0922. The molecule has 8 heteroatoms. The Balaban J connectivity index is 1.46. The van der Waals surface area contributed by atoms with Gasteiger partial charge >= 0.3 is 0 Å². The van der Waals surface area contributed by atoms with Gasteiger partial charge in [-0.3, -0.25) is 4.79 Å². The van der Waals surface area contributed by atoms with Crippen molar-refractivity contribution in [1.29, 1.82) is 0 Å². The number of carbonyl (C=O) groups excluding carboxylic acids is 1. The van der Waals surface area contributed by atoms with E-state index in [4.69, 9.17) is 14.2 Å². The van der Waals surface area contributed by atoms with E-state index in [2.05, 4.69) is 10.1 Å². The van der Waals surface area contributed by atoms with Crippen molar-refractivity contribution >= 4 is 38.8 Å². The third kappa shape index (κ3) is 4.58. The van der Waals surface area contributed by atoms with Crippen molar-refractivity contribution in [2.45, 2.75) is 20.0 Å². The Kier molecular flexibility index (Phi) is 6.14. The molecule has 2 heterocycles. The molecule has 3 aromatic carbocycles. The minimum Gasteiger partial charge on any atom is -0.494 e. The van der Waals surface area contributed by atoms with Gasteiger partial charge in [0.05, 0.1) is 23.0 Å². The highest BCUT2D eigenvalue weighted by Gasteiger charge is 2.33. The van der Waals surface area contributed by atoms with Gasteiger partial charge < -0.3 is 14.2 Å². The van der Waals surface area contributed by atoms with Crippen LogP contribution in [-0.4, -0.2) is 36.4 Å². The molecule has 0 bridgehead atoms. The first kappa shape index (κ1) is 21.9. The number of aryl methyl sites for hydroxylation is 1. The highest BCUT2D eigenvalue weighted by atomic mass is 32.1. The van der Waals surface area contributed by atoms with Gasteiger partial charge in [0.25, 0.3) is 5.91 Å². The molecule has 4 aromatic rings. The topological polar surface area (TPSA) is 73.2 Å². The predicted octanol–water partition coefficient (Wildman–Crippen LogP) is 5.21. The van der Waals surface area contributed by atoms with E-state index in [1.54, 1.807) is 12.3 Å². The maximum atomic E-state index is 13.6. The number of para-hydroxylation sites is 2. The fourth-order valence-electron chi connectivity index (χ4n) is 3.53. The second-order valence-corrected chi connectivity index (χ2v) is 8.74. The number of hydrogen-bond donors (Lipinski definition) is 0. The molecule has 1 unspecified atom stereocenters. The van der Waals surface area contributed by atoms with Crippen LogP contribution in [0.2, 0.25) is 0 Å². The molecule has 1 aliphatic heterocycles. The van der Waals surface area contributed by atoms with Crippen LogP contribution in [-0.2, 0) is 4.79 Å². The first-order valence-corrected chi connectivity index (χ1v) is 11.8. The normalized spacial score (nSPS) is 14.9. The third-order valence-electron chi connectivity index (χ3n) is 5.22. The van der Waals surface area contributed by atoms with Crippen LogP contribution in [0, 0.1) is 6.92 Å². The molecule has 1 amide bonds. The van der Waals surface area contributed by atoms with E-state index in [0.29, 0.717) is 23.2 Å². The van der Waals surface area contributed by atoms with Crippen molar-refractivity contribution in [3.8, 4) is 17.2 Å². The van der Waals surface area contributed by atoms with E-state index in [-0.39, 0.29) is 12.5 Å². The summed E-state index contributed by atoms with van der Waals surface area (Å²) in [6.45, 7) is 4.65. The van der Waals surface area contributed by atoms with Gasteiger partial charge in [0, 0.05) is 0 Å². The van der Waals surface area contributed by atoms with Crippen LogP contribution >= 0.6 is 11.3 Å². The van der Waals surface area contributed by atoms with Gasteiger partial charge in [0.1, 0.15) is 12.4 Å². The Hall–Kier alpha value is -3.91. The Morgan fingerprint density at radius 2 is 1.97 bits per heavy atom. The van der Waals surface area contributed by atoms with Crippen molar-refractivity contribution < 1.29 is 19.0 Å². The van der Waals surface area contributed by atoms with Gasteiger partial charge in [0.15, 0.2) is 11.5 Å². The van der Waals surface area contributed by atoms with Crippen molar-refractivity contribution in [2.75, 3.05) is 18.2 Å². The molecule has 0 saturated carbocycles. The number of amides is 1. The molecular formula is C26H23N3O4S. The number of nitrogens with zero attached hydrogens (tertiary/aromatic N) is 3. The van der Waals surface area contributed by atoms with Gasteiger partial charge in [-0.1, -0.05) is 29.5 Å². The summed E-state index contributed by atoms with van der Waals surface area (Å²) in [7, 11) is 0. The summed E-state index contributed by atoms with van der Waals surface area (Å²) in [5.41, 5.74) is 2.76. The zero-order valence-electron chi connectivity index (χ0n) is 18.8. The molecule has 0 N–H and O–H groups in total. The van der Waals surface area contributed by atoms with Crippen molar-refractivity contribution in [1.82, 2.24) is 4.98 Å². The summed E-state index contributed by atoms with van der Waals surface area (Å²) in [4.78, 5) is 18.2. The first-order valence-electron chi connectivity index (χ1n) is 11.0. The zero-order chi connectivity index (χ0) is 23.5. The first-order chi connectivity index (χ1) is 16.6. The smallest absolute Gasteiger partial charge is 0.294 e. The number of anilines is 1. The molecule has 1 atom stereocenters. The van der Waals surface area contributed by atoms with Crippen LogP contribution < -0.4 is 19.2 Å². The number of thiazole rings is 1.